The van der Waals surface area contributed by atoms with Gasteiger partial charge in [0.05, 0.1) is 24.7 Å². The van der Waals surface area contributed by atoms with Gasteiger partial charge >= 0.3 is 5.97 Å². The second-order valence-electron chi connectivity index (χ2n) is 9.28. The zero-order valence-electron chi connectivity index (χ0n) is 22.7. The van der Waals surface area contributed by atoms with Gasteiger partial charge in [-0.1, -0.05) is 61.5 Å². The van der Waals surface area contributed by atoms with Crippen LogP contribution >= 0.6 is 23.2 Å². The van der Waals surface area contributed by atoms with Crippen molar-refractivity contribution in [3.63, 3.8) is 0 Å². The van der Waals surface area contributed by atoms with E-state index in [0.717, 1.165) is 24.8 Å². The number of unbranched alkanes of at least 4 members (excludes halogenated alkanes) is 3. The molecule has 8 nitrogen and oxygen atoms in total. The molecule has 0 fully saturated rings. The molecular formula is C31H30Cl2N2O6. The summed E-state index contributed by atoms with van der Waals surface area (Å²) in [5, 5.41) is 10.6. The van der Waals surface area contributed by atoms with Crippen molar-refractivity contribution in [3.8, 4) is 34.8 Å². The first-order valence-electron chi connectivity index (χ1n) is 13.1. The van der Waals surface area contributed by atoms with E-state index >= 15 is 0 Å². The van der Waals surface area contributed by atoms with Crippen molar-refractivity contribution in [3.05, 3.63) is 87.2 Å². The highest BCUT2D eigenvalue weighted by Gasteiger charge is 2.32. The number of carbonyl (C=O) groups is 1. The van der Waals surface area contributed by atoms with E-state index in [1.54, 1.807) is 37.4 Å². The van der Waals surface area contributed by atoms with Crippen LogP contribution in [-0.2, 0) is 4.79 Å². The van der Waals surface area contributed by atoms with Crippen LogP contribution in [0.15, 0.2) is 66.1 Å². The molecule has 0 spiro atoms. The Morgan fingerprint density at radius 2 is 1.80 bits per heavy atom. The summed E-state index contributed by atoms with van der Waals surface area (Å²) >= 11 is 12.0. The van der Waals surface area contributed by atoms with Crippen LogP contribution in [0.5, 0.6) is 28.7 Å². The van der Waals surface area contributed by atoms with Gasteiger partial charge in [0.25, 0.3) is 0 Å². The molecule has 0 amide bonds. The first kappa shape index (κ1) is 29.9. The number of methoxy groups -OCH3 is 1. The van der Waals surface area contributed by atoms with Crippen molar-refractivity contribution in [1.82, 2.24) is 0 Å². The zero-order chi connectivity index (χ0) is 29.4. The van der Waals surface area contributed by atoms with E-state index in [4.69, 9.17) is 52.6 Å². The minimum Gasteiger partial charge on any atom is -0.493 e. The summed E-state index contributed by atoms with van der Waals surface area (Å²) in [5.74, 6) is 0.827. The lowest BCUT2D eigenvalue weighted by molar-refractivity contribution is -0.136. The van der Waals surface area contributed by atoms with Crippen molar-refractivity contribution in [2.45, 2.75) is 38.5 Å². The number of rotatable bonds is 12. The highest BCUT2D eigenvalue weighted by atomic mass is 35.5. The average Bonchev–Trinajstić information content (AvgIpc) is 2.96. The highest BCUT2D eigenvalue weighted by Crippen LogP contribution is 2.45. The van der Waals surface area contributed by atoms with Crippen LogP contribution in [0.3, 0.4) is 0 Å². The van der Waals surface area contributed by atoms with Crippen LogP contribution in [-0.4, -0.2) is 26.3 Å². The Labute approximate surface area is 249 Å². The van der Waals surface area contributed by atoms with Crippen LogP contribution in [0.2, 0.25) is 10.0 Å². The first-order valence-corrected chi connectivity index (χ1v) is 13.9. The number of nitriles is 1. The van der Waals surface area contributed by atoms with E-state index in [2.05, 4.69) is 13.0 Å². The Balaban J connectivity index is 1.52. The predicted molar refractivity (Wildman–Crippen MR) is 156 cm³/mol. The minimum atomic E-state index is -0.653. The Morgan fingerprint density at radius 1 is 1.00 bits per heavy atom. The predicted octanol–water partition coefficient (Wildman–Crippen LogP) is 7.16. The van der Waals surface area contributed by atoms with E-state index in [1.807, 2.05) is 18.2 Å². The van der Waals surface area contributed by atoms with Gasteiger partial charge in [0.15, 0.2) is 18.1 Å². The van der Waals surface area contributed by atoms with Gasteiger partial charge in [-0.25, -0.2) is 4.79 Å². The molecule has 1 atom stereocenters. The number of esters is 1. The summed E-state index contributed by atoms with van der Waals surface area (Å²) in [7, 11) is 1.57. The van der Waals surface area contributed by atoms with Crippen molar-refractivity contribution in [2.75, 3.05) is 20.3 Å². The molecule has 4 rings (SSSR count). The smallest absolute Gasteiger partial charge is 0.349 e. The third kappa shape index (κ3) is 7.37. The molecule has 2 N–H and O–H groups in total. The van der Waals surface area contributed by atoms with Gasteiger partial charge < -0.3 is 29.4 Å². The van der Waals surface area contributed by atoms with Gasteiger partial charge in [-0.2, -0.15) is 5.26 Å². The van der Waals surface area contributed by atoms with Gasteiger partial charge in [-0.3, -0.25) is 0 Å². The van der Waals surface area contributed by atoms with Crippen molar-refractivity contribution >= 4 is 29.2 Å². The number of halogens is 2. The number of fused-ring (bicyclic) bond motifs is 1. The van der Waals surface area contributed by atoms with Crippen LogP contribution in [0.1, 0.15) is 49.7 Å². The molecule has 214 valence electrons. The molecule has 1 aliphatic rings. The molecule has 1 unspecified atom stereocenters. The maximum absolute atomic E-state index is 12.4. The minimum absolute atomic E-state index is 0.0376. The number of ether oxygens (including phenoxy) is 5. The lowest BCUT2D eigenvalue weighted by Gasteiger charge is -2.27. The van der Waals surface area contributed by atoms with Gasteiger partial charge in [-0.05, 0) is 48.4 Å². The number of carbonyl (C=O) groups excluding carboxylic acids is 1. The molecular weight excluding hydrogens is 567 g/mol. The SMILES string of the molecule is CCCCCCOc1ccc(C2C(C#N)=C(N)Oc3cc(OC(=O)COc4ccc(Cl)cc4Cl)ccc32)cc1OC. The van der Waals surface area contributed by atoms with Crippen LogP contribution in [0.25, 0.3) is 0 Å². The number of nitrogens with zero attached hydrogens (tertiary/aromatic N) is 1. The fraction of sp³-hybridized carbons (Fsp3) is 0.290. The average molecular weight is 597 g/mol. The fourth-order valence-corrected chi connectivity index (χ4v) is 4.89. The summed E-state index contributed by atoms with van der Waals surface area (Å²) in [4.78, 5) is 12.4. The summed E-state index contributed by atoms with van der Waals surface area (Å²) in [6, 6.07) is 17.3. The Morgan fingerprint density at radius 3 is 2.54 bits per heavy atom. The Kier molecular flexibility index (Phi) is 10.2. The quantitative estimate of drug-likeness (QED) is 0.133. The number of allylic oxidation sites excluding steroid dienone is 1. The molecule has 0 aliphatic carbocycles. The maximum atomic E-state index is 12.4. The van der Waals surface area contributed by atoms with Gasteiger partial charge in [0.2, 0.25) is 5.88 Å². The Hall–Kier alpha value is -4.06. The van der Waals surface area contributed by atoms with Crippen LogP contribution in [0, 0.1) is 11.3 Å². The molecule has 0 bridgehead atoms. The number of benzene rings is 3. The standard InChI is InChI=1S/C31H30Cl2N2O6/c1-3-4-5-6-13-38-26-11-7-19(14-28(26)37-2)30-22-10-9-21(16-27(22)41-31(35)23(30)17-34)40-29(36)18-39-25-12-8-20(32)15-24(25)33/h7-12,14-16,30H,3-6,13,18,35H2,1-2H3. The number of nitrogens with two attached hydrogens (primary N) is 1. The molecule has 1 heterocycles. The highest BCUT2D eigenvalue weighted by molar-refractivity contribution is 6.35. The molecule has 0 saturated heterocycles. The summed E-state index contributed by atoms with van der Waals surface area (Å²) in [5.41, 5.74) is 7.85. The molecule has 0 aromatic heterocycles. The molecule has 41 heavy (non-hydrogen) atoms. The van der Waals surface area contributed by atoms with Crippen molar-refractivity contribution in [1.29, 1.82) is 5.26 Å². The van der Waals surface area contributed by atoms with Gasteiger partial charge in [0.1, 0.15) is 28.9 Å². The summed E-state index contributed by atoms with van der Waals surface area (Å²) in [6.45, 7) is 2.37. The van der Waals surface area contributed by atoms with E-state index < -0.39 is 11.9 Å². The second-order valence-corrected chi connectivity index (χ2v) is 10.1. The maximum Gasteiger partial charge on any atom is 0.349 e. The van der Waals surface area contributed by atoms with Crippen molar-refractivity contribution < 1.29 is 28.5 Å². The molecule has 10 heteroatoms. The Bertz CT molecular complexity index is 1480. The molecule has 3 aromatic rings. The van der Waals surface area contributed by atoms with Crippen LogP contribution < -0.4 is 29.4 Å². The fourth-order valence-electron chi connectivity index (χ4n) is 4.43. The first-order chi connectivity index (χ1) is 19.8. The summed E-state index contributed by atoms with van der Waals surface area (Å²) in [6.07, 6.45) is 4.38. The third-order valence-corrected chi connectivity index (χ3v) is 6.97. The zero-order valence-corrected chi connectivity index (χ0v) is 24.3. The van der Waals surface area contributed by atoms with E-state index in [9.17, 15) is 10.1 Å². The summed E-state index contributed by atoms with van der Waals surface area (Å²) < 4.78 is 28.2. The molecule has 0 radical (unpaired) electrons. The lowest BCUT2D eigenvalue weighted by atomic mass is 9.83. The monoisotopic (exact) mass is 596 g/mol. The van der Waals surface area contributed by atoms with Crippen LogP contribution in [0.4, 0.5) is 0 Å². The molecule has 3 aromatic carbocycles. The van der Waals surface area contributed by atoms with Gasteiger partial charge in [-0.15, -0.1) is 0 Å². The van der Waals surface area contributed by atoms with Crippen molar-refractivity contribution in [2.24, 2.45) is 5.73 Å². The number of hydrogen-bond acceptors (Lipinski definition) is 8. The molecule has 1 aliphatic heterocycles. The van der Waals surface area contributed by atoms with E-state index in [1.165, 1.54) is 12.5 Å². The number of hydrogen-bond donors (Lipinski definition) is 1. The van der Waals surface area contributed by atoms with Gasteiger partial charge in [0, 0.05) is 16.7 Å². The molecule has 0 saturated carbocycles. The normalized spacial score (nSPS) is 14.0. The third-order valence-electron chi connectivity index (χ3n) is 6.44. The topological polar surface area (TPSA) is 113 Å². The van der Waals surface area contributed by atoms with E-state index in [0.29, 0.717) is 40.2 Å². The second kappa shape index (κ2) is 14.0. The van der Waals surface area contributed by atoms with E-state index in [-0.39, 0.29) is 28.8 Å². The largest absolute Gasteiger partial charge is 0.493 e. The lowest BCUT2D eigenvalue weighted by Crippen LogP contribution is -2.22.